The number of para-hydroxylation sites is 1. The highest BCUT2D eigenvalue weighted by Crippen LogP contribution is 2.24. The summed E-state index contributed by atoms with van der Waals surface area (Å²) in [5.41, 5.74) is 4.69. The maximum Gasteiger partial charge on any atom is 0.261 e. The summed E-state index contributed by atoms with van der Waals surface area (Å²) in [7, 11) is 0. The largest absolute Gasteiger partial charge is 0.326 e. The summed E-state index contributed by atoms with van der Waals surface area (Å²) >= 11 is 0. The highest BCUT2D eigenvalue weighted by Gasteiger charge is 2.34. The summed E-state index contributed by atoms with van der Waals surface area (Å²) in [4.78, 5) is 38.2. The van der Waals surface area contributed by atoms with Crippen molar-refractivity contribution in [1.29, 1.82) is 0 Å². The maximum absolute atomic E-state index is 12.4. The van der Waals surface area contributed by atoms with Gasteiger partial charge in [-0.2, -0.15) is 0 Å². The van der Waals surface area contributed by atoms with Gasteiger partial charge in [-0.15, -0.1) is 0 Å². The number of hydrogen-bond donors (Lipinski definition) is 1. The topological polar surface area (TPSA) is 66.5 Å². The Morgan fingerprint density at radius 2 is 1.62 bits per heavy atom. The van der Waals surface area contributed by atoms with E-state index in [9.17, 15) is 14.4 Å². The molecule has 0 spiro atoms. The normalized spacial score (nSPS) is 13.1. The van der Waals surface area contributed by atoms with E-state index in [0.29, 0.717) is 17.5 Å². The minimum atomic E-state index is -0.278. The molecule has 26 heavy (non-hydrogen) atoms. The van der Waals surface area contributed by atoms with Gasteiger partial charge in [0.05, 0.1) is 11.1 Å². The number of amides is 3. The first-order valence-electron chi connectivity index (χ1n) is 8.71. The molecule has 1 N–H and O–H groups in total. The minimum Gasteiger partial charge on any atom is -0.326 e. The van der Waals surface area contributed by atoms with E-state index < -0.39 is 0 Å². The fourth-order valence-electron chi connectivity index (χ4n) is 3.22. The van der Waals surface area contributed by atoms with E-state index in [1.165, 1.54) is 4.90 Å². The van der Waals surface area contributed by atoms with Gasteiger partial charge in [-0.3, -0.25) is 19.3 Å². The molecule has 3 rings (SSSR count). The smallest absolute Gasteiger partial charge is 0.261 e. The highest BCUT2D eigenvalue weighted by molar-refractivity contribution is 6.21. The molecule has 0 aromatic heterocycles. The lowest BCUT2D eigenvalue weighted by Crippen LogP contribution is -2.31. The van der Waals surface area contributed by atoms with Crippen LogP contribution in [0, 0.1) is 20.8 Å². The van der Waals surface area contributed by atoms with Crippen LogP contribution in [0.5, 0.6) is 0 Å². The number of rotatable bonds is 5. The van der Waals surface area contributed by atoms with Crippen LogP contribution in [0.2, 0.25) is 0 Å². The average molecular weight is 350 g/mol. The first-order chi connectivity index (χ1) is 12.4. The molecule has 0 saturated carbocycles. The van der Waals surface area contributed by atoms with Crippen molar-refractivity contribution in [2.75, 3.05) is 11.9 Å². The van der Waals surface area contributed by atoms with Crippen LogP contribution in [-0.2, 0) is 4.79 Å². The van der Waals surface area contributed by atoms with Crippen molar-refractivity contribution in [3.63, 3.8) is 0 Å². The molecular formula is C21H22N2O3. The molecule has 5 heteroatoms. The molecule has 1 aliphatic heterocycles. The molecular weight excluding hydrogens is 328 g/mol. The fourth-order valence-corrected chi connectivity index (χ4v) is 3.22. The predicted molar refractivity (Wildman–Crippen MR) is 100 cm³/mol. The van der Waals surface area contributed by atoms with Crippen molar-refractivity contribution in [2.24, 2.45) is 0 Å². The Morgan fingerprint density at radius 1 is 0.962 bits per heavy atom. The quantitative estimate of drug-likeness (QED) is 0.838. The van der Waals surface area contributed by atoms with Crippen molar-refractivity contribution in [2.45, 2.75) is 33.6 Å². The number of hydrogen-bond acceptors (Lipinski definition) is 3. The van der Waals surface area contributed by atoms with Gasteiger partial charge < -0.3 is 5.32 Å². The summed E-state index contributed by atoms with van der Waals surface area (Å²) in [6.07, 6.45) is 0.682. The average Bonchev–Trinajstić information content (AvgIpc) is 2.82. The number of carbonyl (C=O) groups is 3. The number of benzene rings is 2. The second-order valence-corrected chi connectivity index (χ2v) is 6.73. The predicted octanol–water partition coefficient (Wildman–Crippen LogP) is 3.63. The van der Waals surface area contributed by atoms with Crippen LogP contribution in [-0.4, -0.2) is 29.2 Å². The third kappa shape index (κ3) is 3.38. The molecule has 0 saturated heterocycles. The molecule has 2 aromatic carbocycles. The minimum absolute atomic E-state index is 0.116. The molecule has 1 aliphatic rings. The lowest BCUT2D eigenvalue weighted by Gasteiger charge is -2.14. The maximum atomic E-state index is 12.4. The van der Waals surface area contributed by atoms with Crippen molar-refractivity contribution < 1.29 is 14.4 Å². The van der Waals surface area contributed by atoms with Gasteiger partial charge in [0.25, 0.3) is 11.8 Å². The molecule has 5 nitrogen and oxygen atoms in total. The van der Waals surface area contributed by atoms with Gasteiger partial charge in [-0.05, 0) is 50.5 Å². The van der Waals surface area contributed by atoms with Crippen LogP contribution < -0.4 is 5.32 Å². The second kappa shape index (κ2) is 7.12. The monoisotopic (exact) mass is 350 g/mol. The van der Waals surface area contributed by atoms with Crippen molar-refractivity contribution in [1.82, 2.24) is 4.90 Å². The Morgan fingerprint density at radius 3 is 2.31 bits per heavy atom. The zero-order valence-corrected chi connectivity index (χ0v) is 15.3. The second-order valence-electron chi connectivity index (χ2n) is 6.73. The third-order valence-corrected chi connectivity index (χ3v) is 4.66. The lowest BCUT2D eigenvalue weighted by molar-refractivity contribution is -0.116. The summed E-state index contributed by atoms with van der Waals surface area (Å²) in [6.45, 7) is 6.02. The summed E-state index contributed by atoms with van der Waals surface area (Å²) < 4.78 is 0. The molecule has 0 bridgehead atoms. The molecule has 0 aliphatic carbocycles. The SMILES string of the molecule is Cc1ccc2c(c1)C(=O)N(CCCC(=O)Nc1c(C)cccc1C)C2=O. The van der Waals surface area contributed by atoms with Crippen molar-refractivity contribution >= 4 is 23.4 Å². The standard InChI is InChI=1S/C21H22N2O3/c1-13-9-10-16-17(12-13)21(26)23(20(16)25)11-5-8-18(24)22-19-14(2)6-4-7-15(19)3/h4,6-7,9-10,12H,5,8,11H2,1-3H3,(H,22,24). The summed E-state index contributed by atoms with van der Waals surface area (Å²) in [5.74, 6) is -0.668. The molecule has 0 atom stereocenters. The fraction of sp³-hybridized carbons (Fsp3) is 0.286. The Bertz CT molecular complexity index is 882. The molecule has 3 amide bonds. The first-order valence-corrected chi connectivity index (χ1v) is 8.71. The van der Waals surface area contributed by atoms with Crippen LogP contribution in [0.15, 0.2) is 36.4 Å². The zero-order chi connectivity index (χ0) is 18.8. The molecule has 0 radical (unpaired) electrons. The summed E-state index contributed by atoms with van der Waals surface area (Å²) in [6, 6.07) is 11.1. The number of aryl methyl sites for hydroxylation is 3. The molecule has 134 valence electrons. The van der Waals surface area contributed by atoms with Gasteiger partial charge in [0.15, 0.2) is 0 Å². The molecule has 1 heterocycles. The Labute approximate surface area is 153 Å². The number of anilines is 1. The Balaban J connectivity index is 1.58. The van der Waals surface area contributed by atoms with Gasteiger partial charge in [0.2, 0.25) is 5.91 Å². The van der Waals surface area contributed by atoms with Crippen LogP contribution in [0.1, 0.15) is 50.2 Å². The van der Waals surface area contributed by atoms with Crippen LogP contribution in [0.4, 0.5) is 5.69 Å². The molecule has 0 unspecified atom stereocenters. The van der Waals surface area contributed by atoms with Gasteiger partial charge in [0.1, 0.15) is 0 Å². The van der Waals surface area contributed by atoms with Gasteiger partial charge >= 0.3 is 0 Å². The summed E-state index contributed by atoms with van der Waals surface area (Å²) in [5, 5.41) is 2.92. The number of imide groups is 1. The number of carbonyl (C=O) groups excluding carboxylic acids is 3. The Kier molecular flexibility index (Phi) is 4.89. The number of nitrogens with one attached hydrogen (secondary N) is 1. The van der Waals surface area contributed by atoms with Gasteiger partial charge in [0, 0.05) is 18.7 Å². The van der Waals surface area contributed by atoms with E-state index in [2.05, 4.69) is 5.32 Å². The molecule has 2 aromatic rings. The van der Waals surface area contributed by atoms with E-state index in [1.807, 2.05) is 45.0 Å². The Hall–Kier alpha value is -2.95. The van der Waals surface area contributed by atoms with Crippen LogP contribution in [0.25, 0.3) is 0 Å². The van der Waals surface area contributed by atoms with E-state index in [-0.39, 0.29) is 30.7 Å². The van der Waals surface area contributed by atoms with E-state index in [4.69, 9.17) is 0 Å². The third-order valence-electron chi connectivity index (χ3n) is 4.66. The van der Waals surface area contributed by atoms with Crippen LogP contribution in [0.3, 0.4) is 0 Å². The zero-order valence-electron chi connectivity index (χ0n) is 15.3. The number of fused-ring (bicyclic) bond motifs is 1. The first kappa shape index (κ1) is 17.9. The van der Waals surface area contributed by atoms with Crippen LogP contribution >= 0.6 is 0 Å². The van der Waals surface area contributed by atoms with Gasteiger partial charge in [-0.25, -0.2) is 0 Å². The van der Waals surface area contributed by atoms with Crippen molar-refractivity contribution in [3.05, 3.63) is 64.2 Å². The van der Waals surface area contributed by atoms with Crippen molar-refractivity contribution in [3.8, 4) is 0 Å². The van der Waals surface area contributed by atoms with E-state index in [1.54, 1.807) is 12.1 Å². The molecule has 0 fully saturated rings. The van der Waals surface area contributed by atoms with E-state index in [0.717, 1.165) is 22.4 Å². The number of nitrogens with zero attached hydrogens (tertiary/aromatic N) is 1. The van der Waals surface area contributed by atoms with E-state index >= 15 is 0 Å². The van der Waals surface area contributed by atoms with Gasteiger partial charge in [-0.1, -0.05) is 29.8 Å². The lowest BCUT2D eigenvalue weighted by atomic mass is 10.1. The highest BCUT2D eigenvalue weighted by atomic mass is 16.2.